The number of fused-ring (bicyclic) bond motifs is 1. The minimum Gasteiger partial charge on any atom is -0.341 e. The van der Waals surface area contributed by atoms with Gasteiger partial charge in [0, 0.05) is 13.5 Å². The summed E-state index contributed by atoms with van der Waals surface area (Å²) in [5, 5.41) is 5.84. The van der Waals surface area contributed by atoms with Crippen molar-refractivity contribution in [1.82, 2.24) is 15.6 Å². The number of nitrogens with zero attached hydrogens (tertiary/aromatic N) is 1. The number of carbonyl (C=O) groups excluding carboxylic acids is 2. The molecule has 1 fully saturated rings. The van der Waals surface area contributed by atoms with Gasteiger partial charge in [-0.3, -0.25) is 10.1 Å². The maximum Gasteiger partial charge on any atom is 0.321 e. The van der Waals surface area contributed by atoms with Gasteiger partial charge < -0.3 is 10.2 Å². The summed E-state index contributed by atoms with van der Waals surface area (Å²) >= 11 is 1.71. The molecule has 23 heavy (non-hydrogen) atoms. The second-order valence-corrected chi connectivity index (χ2v) is 6.84. The first kappa shape index (κ1) is 15.9. The second kappa shape index (κ2) is 7.06. The van der Waals surface area contributed by atoms with Gasteiger partial charge in [0.25, 0.3) is 5.91 Å². The van der Waals surface area contributed by atoms with Gasteiger partial charge in [-0.15, -0.1) is 11.3 Å². The monoisotopic (exact) mass is 333 g/mol. The van der Waals surface area contributed by atoms with E-state index in [1.165, 1.54) is 16.6 Å². The molecule has 0 spiro atoms. The first-order chi connectivity index (χ1) is 11.2. The van der Waals surface area contributed by atoms with E-state index in [0.717, 1.165) is 36.3 Å². The van der Waals surface area contributed by atoms with E-state index in [-0.39, 0.29) is 11.9 Å². The van der Waals surface area contributed by atoms with Gasteiger partial charge in [-0.2, -0.15) is 0 Å². The minimum atomic E-state index is -0.456. The largest absolute Gasteiger partial charge is 0.341 e. The SMILES string of the molecule is CNC(=O)NC(=O)C[NH+]1CCCC[C@H]1c1nc2ccccc2s1. The van der Waals surface area contributed by atoms with E-state index in [1.54, 1.807) is 11.3 Å². The third kappa shape index (κ3) is 3.68. The number of imide groups is 1. The lowest BCUT2D eigenvalue weighted by Crippen LogP contribution is -3.14. The molecule has 6 nitrogen and oxygen atoms in total. The number of carbonyl (C=O) groups is 2. The predicted octanol–water partition coefficient (Wildman–Crippen LogP) is 0.862. The van der Waals surface area contributed by atoms with Crippen molar-refractivity contribution in [3.63, 3.8) is 0 Å². The molecule has 3 amide bonds. The van der Waals surface area contributed by atoms with E-state index < -0.39 is 6.03 Å². The lowest BCUT2D eigenvalue weighted by Gasteiger charge is -2.30. The van der Waals surface area contributed by atoms with Crippen LogP contribution >= 0.6 is 11.3 Å². The number of benzene rings is 1. The number of thiazole rings is 1. The zero-order chi connectivity index (χ0) is 16.2. The van der Waals surface area contributed by atoms with Crippen molar-refractivity contribution in [2.45, 2.75) is 25.3 Å². The van der Waals surface area contributed by atoms with Crippen LogP contribution in [-0.4, -0.2) is 37.1 Å². The zero-order valence-electron chi connectivity index (χ0n) is 13.1. The number of hydrogen-bond acceptors (Lipinski definition) is 4. The van der Waals surface area contributed by atoms with Crippen LogP contribution in [0, 0.1) is 0 Å². The van der Waals surface area contributed by atoms with Gasteiger partial charge in [0.15, 0.2) is 11.6 Å². The van der Waals surface area contributed by atoms with Crippen molar-refractivity contribution in [3.05, 3.63) is 29.3 Å². The number of rotatable bonds is 3. The van der Waals surface area contributed by atoms with Crippen LogP contribution in [0.15, 0.2) is 24.3 Å². The summed E-state index contributed by atoms with van der Waals surface area (Å²) in [6.07, 6.45) is 3.29. The van der Waals surface area contributed by atoms with Crippen molar-refractivity contribution in [2.75, 3.05) is 20.1 Å². The normalized spacial score (nSPS) is 21.1. The Morgan fingerprint density at radius 1 is 1.35 bits per heavy atom. The minimum absolute atomic E-state index is 0.233. The first-order valence-corrected chi connectivity index (χ1v) is 8.70. The third-order valence-electron chi connectivity index (χ3n) is 4.21. The van der Waals surface area contributed by atoms with Gasteiger partial charge in [0.1, 0.15) is 6.04 Å². The number of piperidine rings is 1. The van der Waals surface area contributed by atoms with Crippen LogP contribution in [0.5, 0.6) is 0 Å². The first-order valence-electron chi connectivity index (χ1n) is 7.89. The summed E-state index contributed by atoms with van der Waals surface area (Å²) in [7, 11) is 1.50. The molecule has 1 aliphatic rings. The number of hydrogen-bond donors (Lipinski definition) is 3. The van der Waals surface area contributed by atoms with Crippen LogP contribution in [0.4, 0.5) is 4.79 Å². The van der Waals surface area contributed by atoms with Crippen LogP contribution < -0.4 is 15.5 Å². The number of likely N-dealkylation sites (tertiary alicyclic amines) is 1. The van der Waals surface area contributed by atoms with Gasteiger partial charge in [-0.25, -0.2) is 9.78 Å². The van der Waals surface area contributed by atoms with Gasteiger partial charge in [0.05, 0.1) is 16.8 Å². The average Bonchev–Trinajstić information content (AvgIpc) is 2.99. The summed E-state index contributed by atoms with van der Waals surface area (Å²) in [6.45, 7) is 1.23. The fraction of sp³-hybridized carbons (Fsp3) is 0.438. The Kier molecular flexibility index (Phi) is 4.88. The summed E-state index contributed by atoms with van der Waals surface area (Å²) in [5.74, 6) is -0.243. The topological polar surface area (TPSA) is 75.5 Å². The molecule has 3 rings (SSSR count). The van der Waals surface area contributed by atoms with E-state index in [1.807, 2.05) is 18.2 Å². The molecule has 0 radical (unpaired) electrons. The Bertz CT molecular complexity index is 682. The highest BCUT2D eigenvalue weighted by atomic mass is 32.1. The smallest absolute Gasteiger partial charge is 0.321 e. The van der Waals surface area contributed by atoms with E-state index in [2.05, 4.69) is 16.7 Å². The van der Waals surface area contributed by atoms with E-state index >= 15 is 0 Å². The lowest BCUT2D eigenvalue weighted by atomic mass is 10.0. The van der Waals surface area contributed by atoms with Crippen molar-refractivity contribution >= 4 is 33.5 Å². The van der Waals surface area contributed by atoms with E-state index in [4.69, 9.17) is 4.98 Å². The van der Waals surface area contributed by atoms with Crippen LogP contribution in [0.1, 0.15) is 30.3 Å². The Hall–Kier alpha value is -1.99. The molecular weight excluding hydrogens is 312 g/mol. The van der Waals surface area contributed by atoms with Crippen molar-refractivity contribution in [1.29, 1.82) is 0 Å². The maximum absolute atomic E-state index is 12.0. The summed E-state index contributed by atoms with van der Waals surface area (Å²) in [4.78, 5) is 29.2. The van der Waals surface area contributed by atoms with Crippen molar-refractivity contribution < 1.29 is 14.5 Å². The van der Waals surface area contributed by atoms with Crippen molar-refractivity contribution in [3.8, 4) is 0 Å². The number of urea groups is 1. The summed E-state index contributed by atoms with van der Waals surface area (Å²) in [6, 6.07) is 7.90. The number of aromatic nitrogens is 1. The standard InChI is InChI=1S/C16H20N4O2S/c1-17-16(22)19-14(21)10-20-9-5-4-7-12(20)15-18-11-6-2-3-8-13(11)23-15/h2-3,6,8,12H,4-5,7,9-10H2,1H3,(H2,17,19,21,22)/p+1/t12-/m0/s1. The zero-order valence-corrected chi connectivity index (χ0v) is 13.9. The molecule has 0 saturated carbocycles. The molecule has 0 aliphatic carbocycles. The molecule has 2 heterocycles. The van der Waals surface area contributed by atoms with Gasteiger partial charge >= 0.3 is 6.03 Å². The number of quaternary nitrogens is 1. The molecule has 2 atom stereocenters. The van der Waals surface area contributed by atoms with Crippen molar-refractivity contribution in [2.24, 2.45) is 0 Å². The Balaban J connectivity index is 1.75. The summed E-state index contributed by atoms with van der Waals surface area (Å²) in [5.41, 5.74) is 1.02. The molecule has 2 aromatic rings. The quantitative estimate of drug-likeness (QED) is 0.780. The van der Waals surface area contributed by atoms with Crippen LogP contribution in [0.2, 0.25) is 0 Å². The highest BCUT2D eigenvalue weighted by Crippen LogP contribution is 2.28. The van der Waals surface area contributed by atoms with Gasteiger partial charge in [-0.1, -0.05) is 12.1 Å². The molecule has 1 unspecified atom stereocenters. The molecule has 1 aliphatic heterocycles. The molecule has 7 heteroatoms. The third-order valence-corrected chi connectivity index (χ3v) is 5.36. The Morgan fingerprint density at radius 3 is 2.96 bits per heavy atom. The highest BCUT2D eigenvalue weighted by molar-refractivity contribution is 7.18. The molecule has 1 aromatic heterocycles. The molecule has 3 N–H and O–H groups in total. The number of para-hydroxylation sites is 1. The molecule has 1 aromatic carbocycles. The Labute approximate surface area is 138 Å². The number of nitrogens with one attached hydrogen (secondary N) is 3. The van der Waals surface area contributed by atoms with Gasteiger partial charge in [-0.05, 0) is 25.0 Å². The Morgan fingerprint density at radius 2 is 2.17 bits per heavy atom. The predicted molar refractivity (Wildman–Crippen MR) is 89.5 cm³/mol. The second-order valence-electron chi connectivity index (χ2n) is 5.78. The molecule has 122 valence electrons. The lowest BCUT2D eigenvalue weighted by molar-refractivity contribution is -0.929. The fourth-order valence-electron chi connectivity index (χ4n) is 3.07. The number of amides is 3. The van der Waals surface area contributed by atoms with E-state index in [9.17, 15) is 9.59 Å². The summed E-state index contributed by atoms with van der Waals surface area (Å²) < 4.78 is 1.18. The van der Waals surface area contributed by atoms with Crippen LogP contribution in [0.3, 0.4) is 0 Å². The fourth-order valence-corrected chi connectivity index (χ4v) is 4.23. The highest BCUT2D eigenvalue weighted by Gasteiger charge is 2.32. The molecule has 1 saturated heterocycles. The molecule has 0 bridgehead atoms. The van der Waals surface area contributed by atoms with Crippen LogP contribution in [-0.2, 0) is 4.79 Å². The van der Waals surface area contributed by atoms with Crippen LogP contribution in [0.25, 0.3) is 10.2 Å². The average molecular weight is 333 g/mol. The van der Waals surface area contributed by atoms with E-state index in [0.29, 0.717) is 6.54 Å². The van der Waals surface area contributed by atoms with Gasteiger partial charge in [0.2, 0.25) is 0 Å². The maximum atomic E-state index is 12.0. The molecular formula is C16H21N4O2S+.